The molecule has 0 N–H and O–H groups in total. The molecule has 124 valence electrons. The van der Waals surface area contributed by atoms with Gasteiger partial charge in [-0.25, -0.2) is 4.98 Å². The number of aryl methyl sites for hydroxylation is 1. The molecule has 1 saturated carbocycles. The van der Waals surface area contributed by atoms with Crippen LogP contribution in [-0.2, 0) is 17.8 Å². The molecule has 1 aliphatic carbocycles. The van der Waals surface area contributed by atoms with Gasteiger partial charge in [-0.2, -0.15) is 4.98 Å². The topological polar surface area (TPSA) is 64.3 Å². The number of hydrogen-bond acceptors (Lipinski definition) is 7. The van der Waals surface area contributed by atoms with Crippen LogP contribution in [0.2, 0.25) is 0 Å². The summed E-state index contributed by atoms with van der Waals surface area (Å²) in [6.45, 7) is 5.31. The van der Waals surface area contributed by atoms with E-state index < -0.39 is 0 Å². The van der Waals surface area contributed by atoms with Crippen LogP contribution in [0.1, 0.15) is 54.0 Å². The summed E-state index contributed by atoms with van der Waals surface area (Å²) in [6.07, 6.45) is 4.96. The lowest BCUT2D eigenvalue weighted by Gasteiger charge is -2.22. The van der Waals surface area contributed by atoms with E-state index in [0.717, 1.165) is 55.0 Å². The Balaban J connectivity index is 1.43. The van der Waals surface area contributed by atoms with Crippen molar-refractivity contribution >= 4 is 11.3 Å². The molecule has 0 radical (unpaired) electrons. The largest absolute Gasteiger partial charge is 0.377 e. The van der Waals surface area contributed by atoms with Crippen molar-refractivity contribution in [1.82, 2.24) is 20.0 Å². The number of thiazole rings is 1. The molecule has 2 aliphatic rings. The number of ether oxygens (including phenoxy) is 1. The van der Waals surface area contributed by atoms with E-state index in [4.69, 9.17) is 9.26 Å². The van der Waals surface area contributed by atoms with Gasteiger partial charge in [-0.15, -0.1) is 11.3 Å². The van der Waals surface area contributed by atoms with Crippen molar-refractivity contribution < 1.29 is 9.26 Å². The number of nitrogens with zero attached hydrogens (tertiary/aromatic N) is 4. The van der Waals surface area contributed by atoms with Gasteiger partial charge in [-0.05, 0) is 32.6 Å². The lowest BCUT2D eigenvalue weighted by molar-refractivity contribution is 0.0667. The van der Waals surface area contributed by atoms with Crippen molar-refractivity contribution in [1.29, 1.82) is 0 Å². The van der Waals surface area contributed by atoms with E-state index in [1.54, 1.807) is 11.3 Å². The molecule has 2 aromatic rings. The minimum Gasteiger partial charge on any atom is -0.377 e. The maximum atomic E-state index is 5.79. The summed E-state index contributed by atoms with van der Waals surface area (Å²) >= 11 is 1.71. The molecule has 1 saturated heterocycles. The van der Waals surface area contributed by atoms with Gasteiger partial charge in [0.1, 0.15) is 5.01 Å². The average molecular weight is 334 g/mol. The molecule has 2 fully saturated rings. The Kier molecular flexibility index (Phi) is 4.41. The summed E-state index contributed by atoms with van der Waals surface area (Å²) in [4.78, 5) is 11.5. The standard InChI is InChI=1S/C16H22N4O2S/c1-11-10-23-15(17-11)9-20(7-13-3-2-6-21-13)8-14-18-16(22-19-14)12-4-5-12/h10,12-13H,2-9H2,1H3. The van der Waals surface area contributed by atoms with Gasteiger partial charge in [-0.1, -0.05) is 5.16 Å². The first-order chi connectivity index (χ1) is 11.3. The second-order valence-corrected chi connectivity index (χ2v) is 7.45. The van der Waals surface area contributed by atoms with Crippen LogP contribution in [-0.4, -0.2) is 39.3 Å². The van der Waals surface area contributed by atoms with Gasteiger partial charge >= 0.3 is 0 Å². The first-order valence-electron chi connectivity index (χ1n) is 8.34. The Morgan fingerprint density at radius 2 is 2.17 bits per heavy atom. The molecule has 0 bridgehead atoms. The summed E-state index contributed by atoms with van der Waals surface area (Å²) in [7, 11) is 0. The SMILES string of the molecule is Cc1csc(CN(Cc2noc(C3CC3)n2)CC2CCCO2)n1. The molecule has 6 nitrogen and oxygen atoms in total. The fraction of sp³-hybridized carbons (Fsp3) is 0.688. The van der Waals surface area contributed by atoms with Crippen LogP contribution in [0.4, 0.5) is 0 Å². The molecular formula is C16H22N4O2S. The first-order valence-corrected chi connectivity index (χ1v) is 9.21. The zero-order valence-electron chi connectivity index (χ0n) is 13.4. The Labute approximate surface area is 139 Å². The zero-order chi connectivity index (χ0) is 15.6. The van der Waals surface area contributed by atoms with E-state index in [9.17, 15) is 0 Å². The van der Waals surface area contributed by atoms with E-state index in [1.807, 2.05) is 6.92 Å². The fourth-order valence-electron chi connectivity index (χ4n) is 2.96. The van der Waals surface area contributed by atoms with Gasteiger partial charge in [0.15, 0.2) is 5.82 Å². The predicted octanol–water partition coefficient (Wildman–Crippen LogP) is 2.89. The quantitative estimate of drug-likeness (QED) is 0.776. The van der Waals surface area contributed by atoms with Crippen molar-refractivity contribution in [2.45, 2.75) is 57.7 Å². The third-order valence-electron chi connectivity index (χ3n) is 4.29. The zero-order valence-corrected chi connectivity index (χ0v) is 14.2. The number of rotatable bonds is 7. The third-order valence-corrected chi connectivity index (χ3v) is 5.24. The van der Waals surface area contributed by atoms with E-state index in [0.29, 0.717) is 18.6 Å². The van der Waals surface area contributed by atoms with E-state index >= 15 is 0 Å². The summed E-state index contributed by atoms with van der Waals surface area (Å²) in [5.41, 5.74) is 1.08. The molecule has 1 atom stereocenters. The molecule has 0 amide bonds. The highest BCUT2D eigenvalue weighted by molar-refractivity contribution is 7.09. The van der Waals surface area contributed by atoms with Gasteiger partial charge in [-0.3, -0.25) is 4.90 Å². The lowest BCUT2D eigenvalue weighted by Crippen LogP contribution is -2.31. The molecule has 23 heavy (non-hydrogen) atoms. The predicted molar refractivity (Wildman–Crippen MR) is 86.2 cm³/mol. The highest BCUT2D eigenvalue weighted by Crippen LogP contribution is 2.38. The van der Waals surface area contributed by atoms with Gasteiger partial charge in [0.05, 0.1) is 19.2 Å². The Morgan fingerprint density at radius 1 is 1.26 bits per heavy atom. The molecule has 0 spiro atoms. The van der Waals surface area contributed by atoms with Crippen LogP contribution in [0.15, 0.2) is 9.90 Å². The summed E-state index contributed by atoms with van der Waals surface area (Å²) in [5, 5.41) is 7.38. The lowest BCUT2D eigenvalue weighted by atomic mass is 10.2. The highest BCUT2D eigenvalue weighted by Gasteiger charge is 2.30. The van der Waals surface area contributed by atoms with Gasteiger partial charge < -0.3 is 9.26 Å². The molecule has 7 heteroatoms. The van der Waals surface area contributed by atoms with Gasteiger partial charge in [0.25, 0.3) is 0 Å². The first kappa shape index (κ1) is 15.2. The Morgan fingerprint density at radius 3 is 2.87 bits per heavy atom. The molecule has 3 heterocycles. The van der Waals surface area contributed by atoms with E-state index in [-0.39, 0.29) is 0 Å². The van der Waals surface area contributed by atoms with Crippen LogP contribution < -0.4 is 0 Å². The maximum Gasteiger partial charge on any atom is 0.229 e. The molecule has 0 aromatic carbocycles. The second-order valence-electron chi connectivity index (χ2n) is 6.51. The number of aromatic nitrogens is 3. The second kappa shape index (κ2) is 6.67. The Bertz CT molecular complexity index is 646. The Hall–Kier alpha value is -1.31. The van der Waals surface area contributed by atoms with Gasteiger partial charge in [0, 0.05) is 30.1 Å². The fourth-order valence-corrected chi connectivity index (χ4v) is 3.77. The van der Waals surface area contributed by atoms with Crippen LogP contribution in [0, 0.1) is 6.92 Å². The highest BCUT2D eigenvalue weighted by atomic mass is 32.1. The molecule has 1 aliphatic heterocycles. The molecule has 2 aromatic heterocycles. The third kappa shape index (κ3) is 3.97. The van der Waals surface area contributed by atoms with Crippen LogP contribution in [0.25, 0.3) is 0 Å². The minimum absolute atomic E-state index is 0.311. The van der Waals surface area contributed by atoms with Crippen LogP contribution >= 0.6 is 11.3 Å². The number of hydrogen-bond donors (Lipinski definition) is 0. The van der Waals surface area contributed by atoms with Crippen molar-refractivity contribution in [2.75, 3.05) is 13.2 Å². The average Bonchev–Trinajstić information content (AvgIpc) is 2.90. The van der Waals surface area contributed by atoms with E-state index in [2.05, 4.69) is 25.4 Å². The monoisotopic (exact) mass is 334 g/mol. The van der Waals surface area contributed by atoms with Gasteiger partial charge in [0.2, 0.25) is 5.89 Å². The van der Waals surface area contributed by atoms with Crippen molar-refractivity contribution in [3.05, 3.63) is 27.8 Å². The van der Waals surface area contributed by atoms with Crippen molar-refractivity contribution in [3.63, 3.8) is 0 Å². The smallest absolute Gasteiger partial charge is 0.229 e. The summed E-state index contributed by atoms with van der Waals surface area (Å²) in [5.74, 6) is 2.09. The molecule has 1 unspecified atom stereocenters. The van der Waals surface area contributed by atoms with Crippen molar-refractivity contribution in [3.8, 4) is 0 Å². The van der Waals surface area contributed by atoms with E-state index in [1.165, 1.54) is 12.8 Å². The molecule has 4 rings (SSSR count). The van der Waals surface area contributed by atoms with Crippen molar-refractivity contribution in [2.24, 2.45) is 0 Å². The summed E-state index contributed by atoms with van der Waals surface area (Å²) in [6, 6.07) is 0. The summed E-state index contributed by atoms with van der Waals surface area (Å²) < 4.78 is 11.2. The maximum absolute atomic E-state index is 5.79. The van der Waals surface area contributed by atoms with Crippen LogP contribution in [0.5, 0.6) is 0 Å². The van der Waals surface area contributed by atoms with Crippen LogP contribution in [0.3, 0.4) is 0 Å². The normalized spacial score (nSPS) is 21.4. The molecular weight excluding hydrogens is 312 g/mol. The minimum atomic E-state index is 0.311.